The summed E-state index contributed by atoms with van der Waals surface area (Å²) < 4.78 is 27.5. The van der Waals surface area contributed by atoms with Crippen LogP contribution in [0.4, 0.5) is 0 Å². The fourth-order valence-corrected chi connectivity index (χ4v) is 3.69. The minimum atomic E-state index is -2.84. The number of sulfone groups is 1. The van der Waals surface area contributed by atoms with E-state index in [4.69, 9.17) is 10.3 Å². The van der Waals surface area contributed by atoms with E-state index in [1.165, 1.54) is 0 Å². The van der Waals surface area contributed by atoms with E-state index in [1.54, 1.807) is 6.92 Å². The molecule has 0 aliphatic carbocycles. The highest BCUT2D eigenvalue weighted by molar-refractivity contribution is 7.91. The average Bonchev–Trinajstić information content (AvgIpc) is 2.73. The van der Waals surface area contributed by atoms with Gasteiger partial charge in [-0.2, -0.15) is 4.98 Å². The summed E-state index contributed by atoms with van der Waals surface area (Å²) in [6.07, 6.45) is 1.24. The van der Waals surface area contributed by atoms with Crippen LogP contribution in [0.15, 0.2) is 4.52 Å². The fraction of sp³-hybridized carbons (Fsp3) is 0.778. The number of nitrogens with zero attached hydrogens (tertiary/aromatic N) is 2. The van der Waals surface area contributed by atoms with Crippen molar-refractivity contribution in [2.45, 2.75) is 25.8 Å². The van der Waals surface area contributed by atoms with Gasteiger partial charge in [0, 0.05) is 6.42 Å². The first-order valence-electron chi connectivity index (χ1n) is 5.25. The second kappa shape index (κ2) is 4.14. The average molecular weight is 245 g/mol. The summed E-state index contributed by atoms with van der Waals surface area (Å²) in [6, 6.07) is -0.284. The smallest absolute Gasteiger partial charge is 0.243 e. The molecule has 0 aromatic carbocycles. The van der Waals surface area contributed by atoms with Crippen molar-refractivity contribution >= 4 is 9.84 Å². The van der Waals surface area contributed by atoms with Gasteiger partial charge in [0.2, 0.25) is 5.89 Å². The Bertz CT molecular complexity index is 466. The highest BCUT2D eigenvalue weighted by Crippen LogP contribution is 2.21. The third-order valence-electron chi connectivity index (χ3n) is 2.67. The van der Waals surface area contributed by atoms with Gasteiger partial charge < -0.3 is 10.3 Å². The second-order valence-corrected chi connectivity index (χ2v) is 6.54. The Hall–Kier alpha value is -0.950. The third-order valence-corrected chi connectivity index (χ3v) is 4.51. The van der Waals surface area contributed by atoms with Crippen LogP contribution in [-0.4, -0.2) is 30.1 Å². The summed E-state index contributed by atoms with van der Waals surface area (Å²) in [5.74, 6) is 1.57. The molecule has 2 unspecified atom stereocenters. The Morgan fingerprint density at radius 2 is 2.38 bits per heavy atom. The molecule has 90 valence electrons. The first-order chi connectivity index (χ1) is 7.46. The van der Waals surface area contributed by atoms with Crippen molar-refractivity contribution in [2.75, 3.05) is 11.5 Å². The van der Waals surface area contributed by atoms with Crippen LogP contribution in [0.2, 0.25) is 0 Å². The maximum Gasteiger partial charge on any atom is 0.243 e. The summed E-state index contributed by atoms with van der Waals surface area (Å²) in [5, 5.41) is 3.79. The molecule has 1 aromatic rings. The quantitative estimate of drug-likeness (QED) is 0.808. The number of aromatic nitrogens is 2. The van der Waals surface area contributed by atoms with E-state index >= 15 is 0 Å². The van der Waals surface area contributed by atoms with Gasteiger partial charge in [0.15, 0.2) is 15.7 Å². The molecule has 0 radical (unpaired) electrons. The first-order valence-corrected chi connectivity index (χ1v) is 7.07. The van der Waals surface area contributed by atoms with Crippen LogP contribution in [0.3, 0.4) is 0 Å². The van der Waals surface area contributed by atoms with Crippen LogP contribution in [0.5, 0.6) is 0 Å². The third kappa shape index (κ3) is 2.59. The molecule has 2 atom stereocenters. The summed E-state index contributed by atoms with van der Waals surface area (Å²) in [5.41, 5.74) is 5.59. The van der Waals surface area contributed by atoms with Crippen molar-refractivity contribution in [3.05, 3.63) is 11.7 Å². The summed E-state index contributed by atoms with van der Waals surface area (Å²) in [4.78, 5) is 4.12. The van der Waals surface area contributed by atoms with E-state index in [0.29, 0.717) is 24.6 Å². The molecule has 2 rings (SSSR count). The van der Waals surface area contributed by atoms with Crippen molar-refractivity contribution in [1.29, 1.82) is 0 Å². The lowest BCUT2D eigenvalue weighted by molar-refractivity contribution is 0.355. The van der Waals surface area contributed by atoms with E-state index in [9.17, 15) is 8.42 Å². The number of nitrogens with two attached hydrogens (primary N) is 1. The Labute approximate surface area is 94.1 Å². The number of hydrogen-bond donors (Lipinski definition) is 1. The van der Waals surface area contributed by atoms with Crippen LogP contribution in [0, 0.1) is 5.92 Å². The molecule has 2 heterocycles. The molecular formula is C9H15N3O3S. The molecular weight excluding hydrogens is 230 g/mol. The second-order valence-electron chi connectivity index (χ2n) is 4.31. The normalized spacial score (nSPS) is 25.8. The van der Waals surface area contributed by atoms with Crippen LogP contribution < -0.4 is 5.73 Å². The van der Waals surface area contributed by atoms with Crippen molar-refractivity contribution in [2.24, 2.45) is 11.7 Å². The number of hydrogen-bond acceptors (Lipinski definition) is 6. The van der Waals surface area contributed by atoms with Crippen LogP contribution in [0.25, 0.3) is 0 Å². The van der Waals surface area contributed by atoms with Gasteiger partial charge >= 0.3 is 0 Å². The summed E-state index contributed by atoms with van der Waals surface area (Å²) in [6.45, 7) is 1.76. The molecule has 1 aliphatic rings. The Balaban J connectivity index is 2.00. The molecule has 0 spiro atoms. The van der Waals surface area contributed by atoms with Crippen molar-refractivity contribution < 1.29 is 12.9 Å². The monoisotopic (exact) mass is 245 g/mol. The number of rotatable bonds is 3. The van der Waals surface area contributed by atoms with Gasteiger partial charge in [0.1, 0.15) is 0 Å². The molecule has 1 aromatic heterocycles. The van der Waals surface area contributed by atoms with Gasteiger partial charge in [-0.05, 0) is 19.3 Å². The zero-order valence-electron chi connectivity index (χ0n) is 9.09. The predicted octanol–water partition coefficient (Wildman–Crippen LogP) is 0.0665. The molecule has 0 bridgehead atoms. The maximum absolute atomic E-state index is 11.3. The van der Waals surface area contributed by atoms with E-state index in [1.807, 2.05) is 0 Å². The standard InChI is InChI=1S/C9H15N3O3S/c1-6(10)9-11-8(12-15-9)4-7-2-3-16(13,14)5-7/h6-7H,2-5,10H2,1H3. The van der Waals surface area contributed by atoms with Crippen molar-refractivity contribution in [3.63, 3.8) is 0 Å². The predicted molar refractivity (Wildman–Crippen MR) is 57.4 cm³/mol. The van der Waals surface area contributed by atoms with Crippen LogP contribution in [0.1, 0.15) is 31.1 Å². The van der Waals surface area contributed by atoms with Gasteiger partial charge in [0.05, 0.1) is 17.5 Å². The van der Waals surface area contributed by atoms with Gasteiger partial charge in [0.25, 0.3) is 0 Å². The molecule has 0 saturated carbocycles. The Morgan fingerprint density at radius 1 is 1.62 bits per heavy atom. The maximum atomic E-state index is 11.3. The first kappa shape index (κ1) is 11.5. The lowest BCUT2D eigenvalue weighted by atomic mass is 10.1. The molecule has 16 heavy (non-hydrogen) atoms. The summed E-state index contributed by atoms with van der Waals surface area (Å²) >= 11 is 0. The van der Waals surface area contributed by atoms with Gasteiger partial charge in [-0.1, -0.05) is 5.16 Å². The van der Waals surface area contributed by atoms with Gasteiger partial charge in [-0.15, -0.1) is 0 Å². The molecule has 1 aliphatic heterocycles. The molecule has 0 amide bonds. The Morgan fingerprint density at radius 3 is 2.88 bits per heavy atom. The van der Waals surface area contributed by atoms with Gasteiger partial charge in [-0.25, -0.2) is 8.42 Å². The lowest BCUT2D eigenvalue weighted by Gasteiger charge is -2.01. The van der Waals surface area contributed by atoms with Gasteiger partial charge in [-0.3, -0.25) is 0 Å². The Kier molecular flexibility index (Phi) is 2.98. The van der Waals surface area contributed by atoms with E-state index in [2.05, 4.69) is 10.1 Å². The van der Waals surface area contributed by atoms with Crippen molar-refractivity contribution in [1.82, 2.24) is 10.1 Å². The van der Waals surface area contributed by atoms with Crippen LogP contribution >= 0.6 is 0 Å². The van der Waals surface area contributed by atoms with E-state index in [0.717, 1.165) is 0 Å². The van der Waals surface area contributed by atoms with Crippen LogP contribution in [-0.2, 0) is 16.3 Å². The highest BCUT2D eigenvalue weighted by atomic mass is 32.2. The lowest BCUT2D eigenvalue weighted by Crippen LogP contribution is -2.09. The largest absolute Gasteiger partial charge is 0.338 e. The highest BCUT2D eigenvalue weighted by Gasteiger charge is 2.29. The summed E-state index contributed by atoms with van der Waals surface area (Å²) in [7, 11) is -2.84. The molecule has 2 N–H and O–H groups in total. The minimum Gasteiger partial charge on any atom is -0.338 e. The fourth-order valence-electron chi connectivity index (χ4n) is 1.83. The van der Waals surface area contributed by atoms with E-state index in [-0.39, 0.29) is 23.5 Å². The van der Waals surface area contributed by atoms with Crippen molar-refractivity contribution in [3.8, 4) is 0 Å². The molecule has 6 nitrogen and oxygen atoms in total. The topological polar surface area (TPSA) is 99.1 Å². The van der Waals surface area contributed by atoms with E-state index < -0.39 is 9.84 Å². The zero-order valence-corrected chi connectivity index (χ0v) is 9.90. The SMILES string of the molecule is CC(N)c1nc(CC2CCS(=O)(=O)C2)no1. The molecule has 1 saturated heterocycles. The zero-order chi connectivity index (χ0) is 11.8. The molecule has 7 heteroatoms. The molecule has 1 fully saturated rings. The minimum absolute atomic E-state index is 0.114.